The van der Waals surface area contributed by atoms with Crippen LogP contribution in [0.15, 0.2) is 27.1 Å². The Bertz CT molecular complexity index is 523. The fourth-order valence-corrected chi connectivity index (χ4v) is 3.65. The van der Waals surface area contributed by atoms with Crippen molar-refractivity contribution in [3.8, 4) is 0 Å². The van der Waals surface area contributed by atoms with Crippen LogP contribution in [0.2, 0.25) is 0 Å². The quantitative estimate of drug-likeness (QED) is 0.711. The van der Waals surface area contributed by atoms with Crippen LogP contribution in [0.3, 0.4) is 0 Å². The van der Waals surface area contributed by atoms with Crippen molar-refractivity contribution in [2.45, 2.75) is 45.3 Å². The summed E-state index contributed by atoms with van der Waals surface area (Å²) in [6, 6.07) is 6.20. The van der Waals surface area contributed by atoms with Crippen LogP contribution in [-0.4, -0.2) is 35.7 Å². The molecule has 22 heavy (non-hydrogen) atoms. The number of nitrogens with zero attached hydrogens (tertiary/aromatic N) is 1. The molecular weight excluding hydrogens is 412 g/mol. The molecule has 1 aromatic carbocycles. The summed E-state index contributed by atoms with van der Waals surface area (Å²) in [6.07, 6.45) is 1.77. The summed E-state index contributed by atoms with van der Waals surface area (Å²) < 4.78 is 7.48. The zero-order valence-corrected chi connectivity index (χ0v) is 16.3. The molecule has 0 radical (unpaired) electrons. The molecule has 6 heteroatoms. The highest BCUT2D eigenvalue weighted by Gasteiger charge is 2.28. The summed E-state index contributed by atoms with van der Waals surface area (Å²) in [4.78, 5) is 14.0. The lowest BCUT2D eigenvalue weighted by Crippen LogP contribution is -2.47. The topological polar surface area (TPSA) is 41.6 Å². The Hall–Kier alpha value is -0.750. The van der Waals surface area contributed by atoms with Gasteiger partial charge in [0.05, 0.1) is 5.69 Å². The number of nitrogens with one attached hydrogen (secondary N) is 1. The van der Waals surface area contributed by atoms with Crippen molar-refractivity contribution in [1.82, 2.24) is 4.90 Å². The molecule has 122 valence electrons. The number of hydrogen-bond donors (Lipinski definition) is 1. The van der Waals surface area contributed by atoms with E-state index in [0.717, 1.165) is 34.0 Å². The third-order valence-electron chi connectivity index (χ3n) is 3.38. The fourth-order valence-electron chi connectivity index (χ4n) is 2.43. The molecule has 4 nitrogen and oxygen atoms in total. The monoisotopic (exact) mass is 432 g/mol. The number of carbonyl (C=O) groups excluding carboxylic acids is 1. The van der Waals surface area contributed by atoms with Gasteiger partial charge in [0.1, 0.15) is 5.60 Å². The van der Waals surface area contributed by atoms with Crippen molar-refractivity contribution in [2.24, 2.45) is 0 Å². The van der Waals surface area contributed by atoms with E-state index in [2.05, 4.69) is 37.2 Å². The second-order valence-corrected chi connectivity index (χ2v) is 8.22. The molecule has 0 spiro atoms. The van der Waals surface area contributed by atoms with Gasteiger partial charge in [-0.15, -0.1) is 0 Å². The molecule has 0 aromatic heterocycles. The van der Waals surface area contributed by atoms with Crippen LogP contribution in [0.25, 0.3) is 0 Å². The highest BCUT2D eigenvalue weighted by atomic mass is 79.9. The number of anilines is 1. The van der Waals surface area contributed by atoms with Gasteiger partial charge < -0.3 is 15.0 Å². The molecule has 1 unspecified atom stereocenters. The maximum Gasteiger partial charge on any atom is 0.410 e. The number of halogens is 2. The molecule has 1 heterocycles. The first kappa shape index (κ1) is 17.6. The summed E-state index contributed by atoms with van der Waals surface area (Å²) >= 11 is 7.12. The van der Waals surface area contributed by atoms with Gasteiger partial charge in [0.25, 0.3) is 0 Å². The molecule has 0 aliphatic carbocycles. The lowest BCUT2D eigenvalue weighted by Gasteiger charge is -2.35. The van der Waals surface area contributed by atoms with E-state index in [1.54, 1.807) is 4.90 Å². The smallest absolute Gasteiger partial charge is 0.410 e. The van der Waals surface area contributed by atoms with Gasteiger partial charge in [0, 0.05) is 28.1 Å². The molecule has 1 aromatic rings. The van der Waals surface area contributed by atoms with Gasteiger partial charge in [0.2, 0.25) is 0 Å². The summed E-state index contributed by atoms with van der Waals surface area (Å²) in [7, 11) is 0. The summed E-state index contributed by atoms with van der Waals surface area (Å²) in [6.45, 7) is 7.08. The Kier molecular flexibility index (Phi) is 5.77. The highest BCUT2D eigenvalue weighted by molar-refractivity contribution is 9.11. The molecular formula is C16H22Br2N2O2. The van der Waals surface area contributed by atoms with E-state index < -0.39 is 5.60 Å². The van der Waals surface area contributed by atoms with E-state index in [1.165, 1.54) is 0 Å². The van der Waals surface area contributed by atoms with Crippen molar-refractivity contribution >= 4 is 43.6 Å². The molecule has 0 bridgehead atoms. The average molecular weight is 434 g/mol. The van der Waals surface area contributed by atoms with Gasteiger partial charge in [-0.3, -0.25) is 0 Å². The third-order valence-corrected chi connectivity index (χ3v) is 4.71. The van der Waals surface area contributed by atoms with E-state index in [1.807, 2.05) is 39.0 Å². The number of rotatable bonds is 2. The van der Waals surface area contributed by atoms with Gasteiger partial charge in [-0.25, -0.2) is 4.79 Å². The van der Waals surface area contributed by atoms with Gasteiger partial charge in [-0.05, 0) is 77.6 Å². The number of hydrogen-bond acceptors (Lipinski definition) is 3. The number of piperidine rings is 1. The first-order valence-electron chi connectivity index (χ1n) is 7.45. The van der Waals surface area contributed by atoms with Crippen molar-refractivity contribution in [2.75, 3.05) is 18.4 Å². The minimum absolute atomic E-state index is 0.219. The zero-order chi connectivity index (χ0) is 16.3. The lowest BCUT2D eigenvalue weighted by molar-refractivity contribution is 0.0206. The summed E-state index contributed by atoms with van der Waals surface area (Å²) in [5.74, 6) is 0. The van der Waals surface area contributed by atoms with Crippen LogP contribution >= 0.6 is 31.9 Å². The largest absolute Gasteiger partial charge is 0.444 e. The number of benzene rings is 1. The number of ether oxygens (including phenoxy) is 1. The number of para-hydroxylation sites is 1. The molecule has 0 saturated carbocycles. The third kappa shape index (κ3) is 4.88. The average Bonchev–Trinajstić information content (AvgIpc) is 2.41. The van der Waals surface area contributed by atoms with Crippen molar-refractivity contribution in [1.29, 1.82) is 0 Å². The number of likely N-dealkylation sites (tertiary alicyclic amines) is 1. The predicted molar refractivity (Wildman–Crippen MR) is 96.3 cm³/mol. The Morgan fingerprint density at radius 3 is 2.55 bits per heavy atom. The molecule has 1 fully saturated rings. The molecule has 1 N–H and O–H groups in total. The Labute approximate surface area is 148 Å². The maximum absolute atomic E-state index is 12.2. The molecule has 1 saturated heterocycles. The molecule has 2 rings (SSSR count). The minimum atomic E-state index is -0.455. The Morgan fingerprint density at radius 2 is 1.95 bits per heavy atom. The van der Waals surface area contributed by atoms with Crippen molar-refractivity contribution < 1.29 is 9.53 Å². The van der Waals surface area contributed by atoms with Crippen LogP contribution < -0.4 is 5.32 Å². The van der Waals surface area contributed by atoms with Crippen LogP contribution in [0.1, 0.15) is 33.6 Å². The summed E-state index contributed by atoms with van der Waals surface area (Å²) in [5, 5.41) is 3.52. The predicted octanol–water partition coefficient (Wildman–Crippen LogP) is 5.02. The Morgan fingerprint density at radius 1 is 1.32 bits per heavy atom. The first-order chi connectivity index (χ1) is 10.3. The fraction of sp³-hybridized carbons (Fsp3) is 0.562. The van der Waals surface area contributed by atoms with Gasteiger partial charge in [-0.2, -0.15) is 0 Å². The van der Waals surface area contributed by atoms with Crippen molar-refractivity contribution in [3.63, 3.8) is 0 Å². The molecule has 1 atom stereocenters. The second-order valence-electron chi connectivity index (χ2n) is 6.51. The van der Waals surface area contributed by atoms with E-state index in [0.29, 0.717) is 6.54 Å². The van der Waals surface area contributed by atoms with Gasteiger partial charge >= 0.3 is 6.09 Å². The van der Waals surface area contributed by atoms with Crippen molar-refractivity contribution in [3.05, 3.63) is 27.1 Å². The van der Waals surface area contributed by atoms with Crippen LogP contribution in [-0.2, 0) is 4.74 Å². The normalized spacial score (nSPS) is 19.0. The lowest BCUT2D eigenvalue weighted by atomic mass is 10.1. The maximum atomic E-state index is 12.2. The molecule has 1 aliphatic heterocycles. The van der Waals surface area contributed by atoms with Gasteiger partial charge in [0.15, 0.2) is 0 Å². The van der Waals surface area contributed by atoms with Gasteiger partial charge in [-0.1, -0.05) is 6.07 Å². The SMILES string of the molecule is CC(C)(C)OC(=O)N1CCCC(Nc2c(Br)cccc2Br)C1. The Balaban J connectivity index is 2.00. The van der Waals surface area contributed by atoms with E-state index >= 15 is 0 Å². The standard InChI is InChI=1S/C16H22Br2N2O2/c1-16(2,3)22-15(21)20-9-5-6-11(10-20)19-14-12(17)7-4-8-13(14)18/h4,7-8,11,19H,5-6,9-10H2,1-3H3. The van der Waals surface area contributed by atoms with Crippen LogP contribution in [0.4, 0.5) is 10.5 Å². The molecule has 1 aliphatic rings. The van der Waals surface area contributed by atoms with E-state index in [4.69, 9.17) is 4.74 Å². The second kappa shape index (κ2) is 7.21. The van der Waals surface area contributed by atoms with E-state index in [9.17, 15) is 4.79 Å². The zero-order valence-electron chi connectivity index (χ0n) is 13.2. The molecule has 1 amide bonds. The van der Waals surface area contributed by atoms with Crippen LogP contribution in [0.5, 0.6) is 0 Å². The van der Waals surface area contributed by atoms with Crippen LogP contribution in [0, 0.1) is 0 Å². The first-order valence-corrected chi connectivity index (χ1v) is 9.03. The highest BCUT2D eigenvalue weighted by Crippen LogP contribution is 2.32. The number of carbonyl (C=O) groups is 1. The number of amides is 1. The van der Waals surface area contributed by atoms with E-state index in [-0.39, 0.29) is 12.1 Å². The summed E-state index contributed by atoms with van der Waals surface area (Å²) in [5.41, 5.74) is 0.571. The minimum Gasteiger partial charge on any atom is -0.444 e.